The number of ether oxygens (including phenoxy) is 3. The van der Waals surface area contributed by atoms with Crippen molar-refractivity contribution >= 4 is 29.3 Å². The van der Waals surface area contributed by atoms with Gasteiger partial charge < -0.3 is 24.1 Å². The minimum Gasteiger partial charge on any atom is -0.549 e. The maximum atomic E-state index is 14.5. The van der Waals surface area contributed by atoms with E-state index in [0.717, 1.165) is 53.5 Å². The van der Waals surface area contributed by atoms with Gasteiger partial charge in [0.2, 0.25) is 0 Å². The number of carboxylic acids is 1. The fourth-order valence-electron chi connectivity index (χ4n) is 7.06. The maximum absolute atomic E-state index is 14.5. The van der Waals surface area contributed by atoms with E-state index in [1.54, 1.807) is 36.4 Å². The van der Waals surface area contributed by atoms with Crippen molar-refractivity contribution in [3.8, 4) is 17.2 Å². The molecule has 0 fully saturated rings. The number of halogens is 1. The van der Waals surface area contributed by atoms with Crippen molar-refractivity contribution in [3.63, 3.8) is 0 Å². The van der Waals surface area contributed by atoms with Gasteiger partial charge in [0.25, 0.3) is 0 Å². The number of hydrogen-bond donors (Lipinski definition) is 0. The molecule has 0 aromatic heterocycles. The van der Waals surface area contributed by atoms with Crippen LogP contribution in [0, 0.1) is 18.8 Å². The van der Waals surface area contributed by atoms with Gasteiger partial charge >= 0.3 is 35.5 Å². The number of carbonyl (C=O) groups excluding carboxylic acids is 3. The van der Waals surface area contributed by atoms with E-state index in [4.69, 9.17) is 25.8 Å². The van der Waals surface area contributed by atoms with E-state index in [1.807, 2.05) is 19.1 Å². The van der Waals surface area contributed by atoms with Gasteiger partial charge in [0.05, 0.1) is 35.5 Å². The molecule has 4 rings (SSSR count). The number of ketones is 1. The molecule has 282 valence electrons. The first kappa shape index (κ1) is 44.6. The number of benzene rings is 3. The van der Waals surface area contributed by atoms with Crippen LogP contribution < -0.4 is 48.9 Å². The summed E-state index contributed by atoms with van der Waals surface area (Å²) < 4.78 is 19.6. The third-order valence-corrected chi connectivity index (χ3v) is 10.3. The van der Waals surface area contributed by atoms with E-state index >= 15 is 0 Å². The van der Waals surface area contributed by atoms with Crippen LogP contribution in [0.4, 0.5) is 0 Å². The van der Waals surface area contributed by atoms with Crippen molar-refractivity contribution < 1.29 is 63.3 Å². The van der Waals surface area contributed by atoms with Gasteiger partial charge in [0, 0.05) is 16.7 Å². The Morgan fingerprint density at radius 2 is 1.53 bits per heavy atom. The predicted octanol–water partition coefficient (Wildman–Crippen LogP) is 6.22. The van der Waals surface area contributed by atoms with Crippen molar-refractivity contribution in [2.45, 2.75) is 130 Å². The Balaban J connectivity index is 0.00000756. The minimum absolute atomic E-state index is 0. The molecule has 53 heavy (non-hydrogen) atoms. The van der Waals surface area contributed by atoms with Crippen molar-refractivity contribution in [1.29, 1.82) is 0 Å². The molecule has 2 atom stereocenters. The second-order valence-electron chi connectivity index (χ2n) is 15.2. The quantitative estimate of drug-likeness (QED) is 0.0471. The number of carboxylic acid groups (broad SMARTS) is 1. The normalized spacial score (nSPS) is 15.8. The number of aryl methyl sites for hydroxylation is 1. The first-order chi connectivity index (χ1) is 24.8. The van der Waals surface area contributed by atoms with Crippen molar-refractivity contribution in [2.24, 2.45) is 11.8 Å². The second-order valence-corrected chi connectivity index (χ2v) is 15.7. The van der Waals surface area contributed by atoms with Gasteiger partial charge in [0.15, 0.2) is 5.78 Å². The number of fused-ring (bicyclic) bond motifs is 1. The summed E-state index contributed by atoms with van der Waals surface area (Å²) in [4.78, 5) is 39.2. The van der Waals surface area contributed by atoms with Gasteiger partial charge in [-0.1, -0.05) is 77.8 Å². The molecular weight excluding hydrogens is 699 g/mol. The Kier molecular flexibility index (Phi) is 17.4. The number of hydrogen-bond acceptors (Lipinski definition) is 7. The van der Waals surface area contributed by atoms with Crippen LogP contribution in [0.1, 0.15) is 135 Å². The first-order valence-corrected chi connectivity index (χ1v) is 19.5. The van der Waals surface area contributed by atoms with Gasteiger partial charge in [-0.15, -0.1) is 11.6 Å². The predicted molar refractivity (Wildman–Crippen MR) is 205 cm³/mol. The molecule has 1 aliphatic rings. The summed E-state index contributed by atoms with van der Waals surface area (Å²) in [6, 6.07) is 14.6. The van der Waals surface area contributed by atoms with E-state index in [9.17, 15) is 19.5 Å². The molecule has 0 N–H and O–H groups in total. The summed E-state index contributed by atoms with van der Waals surface area (Å²) in [5, 5.41) is 9.92. The largest absolute Gasteiger partial charge is 1.00 e. The number of alkyl halides is 1. The molecule has 3 aromatic rings. The van der Waals surface area contributed by atoms with Crippen LogP contribution in [0.2, 0.25) is 0 Å². The van der Waals surface area contributed by atoms with E-state index in [-0.39, 0.29) is 48.2 Å². The van der Waals surface area contributed by atoms with Crippen LogP contribution >= 0.6 is 11.6 Å². The standard InChI is InChI=1S/C44H57ClO7.Na/c1-8-23-44(24-10-25-50-33-19-15-31(16-20-33)26-37(45)42(47)48)27-38(46)39-36(22-12-29(5)6)40(51-43(49)32-17-13-30(7)14-18-32)35(21-11-28(3)4)34(9-2)41(39)52-44;/h13-20,28-29,37H,8-12,21-27H2,1-7H3,(H,47,48);/q;+1/p-1. The summed E-state index contributed by atoms with van der Waals surface area (Å²) in [6.07, 6.45) is 7.00. The number of Topliss-reactive ketones (excluding diaryl/α,β-unsaturated/α-hetero) is 1. The zero-order valence-electron chi connectivity index (χ0n) is 33.1. The maximum Gasteiger partial charge on any atom is 1.00 e. The van der Waals surface area contributed by atoms with E-state index in [1.165, 1.54) is 0 Å². The van der Waals surface area contributed by atoms with Gasteiger partial charge in [-0.25, -0.2) is 4.79 Å². The summed E-state index contributed by atoms with van der Waals surface area (Å²) in [5.74, 6) is 1.03. The van der Waals surface area contributed by atoms with Crippen molar-refractivity contribution in [3.05, 3.63) is 87.5 Å². The van der Waals surface area contributed by atoms with Gasteiger partial charge in [0.1, 0.15) is 22.8 Å². The van der Waals surface area contributed by atoms with E-state index < -0.39 is 22.9 Å². The third kappa shape index (κ3) is 12.1. The summed E-state index contributed by atoms with van der Waals surface area (Å²) >= 11 is 5.85. The molecule has 0 radical (unpaired) electrons. The van der Waals surface area contributed by atoms with E-state index in [0.29, 0.717) is 78.9 Å². The Morgan fingerprint density at radius 1 is 0.906 bits per heavy atom. The molecule has 1 aliphatic heterocycles. The molecule has 0 spiro atoms. The van der Waals surface area contributed by atoms with Crippen LogP contribution in [0.3, 0.4) is 0 Å². The number of aliphatic carboxylic acids is 1. The fraction of sp³-hybridized carbons (Fsp3) is 0.523. The molecule has 0 bridgehead atoms. The molecule has 2 unspecified atom stereocenters. The zero-order chi connectivity index (χ0) is 38.0. The van der Waals surface area contributed by atoms with Crippen molar-refractivity contribution in [1.82, 2.24) is 0 Å². The number of rotatable bonds is 19. The van der Waals surface area contributed by atoms with Crippen LogP contribution in [0.15, 0.2) is 48.5 Å². The molecule has 0 aliphatic carbocycles. The average Bonchev–Trinajstić information content (AvgIpc) is 3.09. The fourth-order valence-corrected chi connectivity index (χ4v) is 7.24. The molecule has 1 heterocycles. The summed E-state index contributed by atoms with van der Waals surface area (Å²) in [7, 11) is 0. The van der Waals surface area contributed by atoms with Gasteiger partial charge in [-0.3, -0.25) is 4.79 Å². The first-order valence-electron chi connectivity index (χ1n) is 19.1. The summed E-state index contributed by atoms with van der Waals surface area (Å²) in [6.45, 7) is 15.3. The Morgan fingerprint density at radius 3 is 2.09 bits per heavy atom. The topological polar surface area (TPSA) is 102 Å². The summed E-state index contributed by atoms with van der Waals surface area (Å²) in [5.41, 5.74) is 4.95. The molecule has 0 saturated carbocycles. The second kappa shape index (κ2) is 20.7. The third-order valence-electron chi connectivity index (χ3n) is 9.92. The van der Waals surface area contributed by atoms with Crippen LogP contribution in [-0.4, -0.2) is 35.3 Å². The van der Waals surface area contributed by atoms with Crippen LogP contribution in [0.5, 0.6) is 17.2 Å². The molecule has 7 nitrogen and oxygen atoms in total. The molecule has 9 heteroatoms. The van der Waals surface area contributed by atoms with Crippen LogP contribution in [0.25, 0.3) is 0 Å². The van der Waals surface area contributed by atoms with Crippen LogP contribution in [-0.2, 0) is 30.5 Å². The monoisotopic (exact) mass is 754 g/mol. The molecule has 3 aromatic carbocycles. The smallest absolute Gasteiger partial charge is 0.549 e. The minimum atomic E-state index is -1.29. The molecular formula is C44H56ClNaO7. The van der Waals surface area contributed by atoms with Crippen molar-refractivity contribution in [2.75, 3.05) is 6.61 Å². The molecule has 0 amide bonds. The number of esters is 1. The zero-order valence-corrected chi connectivity index (χ0v) is 35.8. The number of carbonyl (C=O) groups is 3. The Bertz CT molecular complexity index is 1680. The Labute approximate surface area is 343 Å². The average molecular weight is 755 g/mol. The SMILES string of the molecule is CCCC1(CCCOc2ccc(CC(Cl)C(=O)[O-])cc2)CC(=O)c2c(CCC(C)C)c(OC(=O)c3ccc(C)cc3)c(CCC(C)C)c(CC)c2O1.[Na+]. The molecule has 0 saturated heterocycles. The van der Waals surface area contributed by atoms with E-state index in [2.05, 4.69) is 41.5 Å². The van der Waals surface area contributed by atoms with Gasteiger partial charge in [-0.2, -0.15) is 0 Å². The Hall–Kier alpha value is -2.84. The van der Waals surface area contributed by atoms with Gasteiger partial charge in [-0.05, 0) is 106 Å².